The van der Waals surface area contributed by atoms with Gasteiger partial charge in [0.1, 0.15) is 5.75 Å². The van der Waals surface area contributed by atoms with Crippen LogP contribution in [0.2, 0.25) is 0 Å². The molecule has 8 heteroatoms. The van der Waals surface area contributed by atoms with Gasteiger partial charge in [-0.1, -0.05) is 6.07 Å². The quantitative estimate of drug-likeness (QED) is 0.775. The van der Waals surface area contributed by atoms with E-state index in [9.17, 15) is 16.8 Å². The molecule has 0 heterocycles. The smallest absolute Gasteiger partial charge is 0.306 e. The Kier molecular flexibility index (Phi) is 3.80. The van der Waals surface area contributed by atoms with E-state index in [1.54, 1.807) is 0 Å². The lowest BCUT2D eigenvalue weighted by Gasteiger charge is -2.08. The van der Waals surface area contributed by atoms with Gasteiger partial charge < -0.3 is 9.29 Å². The lowest BCUT2D eigenvalue weighted by Crippen LogP contribution is -2.08. The summed E-state index contributed by atoms with van der Waals surface area (Å²) in [5, 5.41) is 8.98. The van der Waals surface area contributed by atoms with Gasteiger partial charge in [-0.15, -0.1) is 0 Å². The van der Waals surface area contributed by atoms with Crippen molar-refractivity contribution in [3.8, 4) is 5.75 Å². The van der Waals surface area contributed by atoms with Crippen LogP contribution in [0.15, 0.2) is 23.1 Å². The van der Waals surface area contributed by atoms with Gasteiger partial charge in [0, 0.05) is 12.3 Å². The maximum atomic E-state index is 11.4. The molecule has 0 bridgehead atoms. The van der Waals surface area contributed by atoms with Crippen molar-refractivity contribution in [3.05, 3.63) is 23.8 Å². The second-order valence-electron chi connectivity index (χ2n) is 3.49. The van der Waals surface area contributed by atoms with Crippen LogP contribution in [0.25, 0.3) is 0 Å². The van der Waals surface area contributed by atoms with E-state index < -0.39 is 26.6 Å². The standard InChI is InChI=1S/C9H12O6S2/c1-16(11,12)9-5-8(15-17(2,13)14)4-3-7(9)6-10/h3-5,10H,6H2,1-2H3. The Labute approximate surface area is 99.9 Å². The Morgan fingerprint density at radius 1 is 1.18 bits per heavy atom. The van der Waals surface area contributed by atoms with Gasteiger partial charge in [-0.05, 0) is 11.6 Å². The Hall–Kier alpha value is -1.12. The van der Waals surface area contributed by atoms with Crippen LogP contribution in [0.1, 0.15) is 5.56 Å². The normalized spacial score (nSPS) is 12.4. The minimum atomic E-state index is -3.72. The van der Waals surface area contributed by atoms with Gasteiger partial charge in [0.05, 0.1) is 17.8 Å². The van der Waals surface area contributed by atoms with Crippen LogP contribution >= 0.6 is 0 Å². The Morgan fingerprint density at radius 3 is 2.18 bits per heavy atom. The zero-order valence-corrected chi connectivity index (χ0v) is 10.9. The van der Waals surface area contributed by atoms with Gasteiger partial charge in [0.15, 0.2) is 9.84 Å². The third-order valence-electron chi connectivity index (χ3n) is 1.86. The fourth-order valence-corrected chi connectivity index (χ4v) is 2.63. The molecule has 1 aromatic rings. The van der Waals surface area contributed by atoms with Crippen LogP contribution in [0, 0.1) is 0 Å². The second kappa shape index (κ2) is 4.63. The number of benzene rings is 1. The molecule has 6 nitrogen and oxygen atoms in total. The topological polar surface area (TPSA) is 97.7 Å². The lowest BCUT2D eigenvalue weighted by molar-refractivity contribution is 0.278. The van der Waals surface area contributed by atoms with Crippen LogP contribution in [-0.4, -0.2) is 34.5 Å². The summed E-state index contributed by atoms with van der Waals surface area (Å²) < 4.78 is 49.2. The molecule has 0 amide bonds. The van der Waals surface area contributed by atoms with E-state index in [0.717, 1.165) is 18.6 Å². The molecule has 0 saturated carbocycles. The fourth-order valence-electron chi connectivity index (χ4n) is 1.24. The first kappa shape index (κ1) is 13.9. The molecule has 96 valence electrons. The highest BCUT2D eigenvalue weighted by molar-refractivity contribution is 7.90. The fraction of sp³-hybridized carbons (Fsp3) is 0.333. The van der Waals surface area contributed by atoms with Crippen molar-refractivity contribution in [1.82, 2.24) is 0 Å². The number of hydrogen-bond acceptors (Lipinski definition) is 6. The van der Waals surface area contributed by atoms with Gasteiger partial charge in [-0.2, -0.15) is 8.42 Å². The molecule has 17 heavy (non-hydrogen) atoms. The molecule has 0 saturated heterocycles. The lowest BCUT2D eigenvalue weighted by atomic mass is 10.2. The Bertz CT molecular complexity index is 615. The number of aliphatic hydroxyl groups excluding tert-OH is 1. The summed E-state index contributed by atoms with van der Waals surface area (Å²) in [5.41, 5.74) is 0.188. The molecular weight excluding hydrogens is 268 g/mol. The van der Waals surface area contributed by atoms with Gasteiger partial charge in [-0.25, -0.2) is 8.42 Å². The van der Waals surface area contributed by atoms with E-state index in [1.165, 1.54) is 12.1 Å². The molecular formula is C9H12O6S2. The van der Waals surface area contributed by atoms with Gasteiger partial charge in [0.25, 0.3) is 0 Å². The molecule has 0 radical (unpaired) electrons. The third-order valence-corrected chi connectivity index (χ3v) is 3.53. The number of rotatable bonds is 4. The first-order chi connectivity index (χ1) is 7.63. The molecule has 0 atom stereocenters. The van der Waals surface area contributed by atoms with Crippen LogP contribution in [0.3, 0.4) is 0 Å². The minimum Gasteiger partial charge on any atom is -0.392 e. The average Bonchev–Trinajstić information content (AvgIpc) is 2.13. The minimum absolute atomic E-state index is 0.106. The van der Waals surface area contributed by atoms with E-state index in [4.69, 9.17) is 5.11 Å². The maximum Gasteiger partial charge on any atom is 0.306 e. The molecule has 0 fully saturated rings. The Balaban J connectivity index is 3.33. The van der Waals surface area contributed by atoms with E-state index in [-0.39, 0.29) is 16.2 Å². The van der Waals surface area contributed by atoms with E-state index in [2.05, 4.69) is 4.18 Å². The van der Waals surface area contributed by atoms with Gasteiger partial charge in [-0.3, -0.25) is 0 Å². The predicted octanol–water partition coefficient (Wildman–Crippen LogP) is -0.0792. The molecule has 0 aromatic heterocycles. The number of aliphatic hydroxyl groups is 1. The van der Waals surface area contributed by atoms with Crippen LogP contribution in [0.5, 0.6) is 5.75 Å². The van der Waals surface area contributed by atoms with E-state index >= 15 is 0 Å². The summed E-state index contributed by atoms with van der Waals surface area (Å²) in [5.74, 6) is -0.106. The van der Waals surface area contributed by atoms with Gasteiger partial charge >= 0.3 is 10.1 Å². The second-order valence-corrected chi connectivity index (χ2v) is 7.05. The summed E-state index contributed by atoms with van der Waals surface area (Å²) in [7, 11) is -7.27. The van der Waals surface area contributed by atoms with Crippen LogP contribution in [-0.2, 0) is 26.6 Å². The van der Waals surface area contributed by atoms with Crippen molar-refractivity contribution in [3.63, 3.8) is 0 Å². The van der Waals surface area contributed by atoms with Crippen molar-refractivity contribution < 1.29 is 26.1 Å². The monoisotopic (exact) mass is 280 g/mol. The summed E-state index contributed by atoms with van der Waals surface area (Å²) in [6, 6.07) is 3.65. The molecule has 1 aromatic carbocycles. The SMILES string of the molecule is CS(=O)(=O)Oc1ccc(CO)c(S(C)(=O)=O)c1. The van der Waals surface area contributed by atoms with Crippen molar-refractivity contribution in [1.29, 1.82) is 0 Å². The zero-order valence-electron chi connectivity index (χ0n) is 9.24. The van der Waals surface area contributed by atoms with E-state index in [0.29, 0.717) is 0 Å². The van der Waals surface area contributed by atoms with Crippen LogP contribution < -0.4 is 4.18 Å². The first-order valence-electron chi connectivity index (χ1n) is 4.47. The molecule has 0 unspecified atom stereocenters. The molecule has 1 rings (SSSR count). The number of sulfone groups is 1. The summed E-state index contributed by atoms with van der Waals surface area (Å²) in [6.45, 7) is -0.457. The highest BCUT2D eigenvalue weighted by Gasteiger charge is 2.15. The van der Waals surface area contributed by atoms with Crippen LogP contribution in [0.4, 0.5) is 0 Å². The maximum absolute atomic E-state index is 11.4. The highest BCUT2D eigenvalue weighted by atomic mass is 32.2. The third kappa shape index (κ3) is 3.99. The molecule has 1 N–H and O–H groups in total. The van der Waals surface area contributed by atoms with Crippen molar-refractivity contribution in [2.24, 2.45) is 0 Å². The molecule has 0 aliphatic heterocycles. The first-order valence-corrected chi connectivity index (χ1v) is 8.17. The molecule has 0 aliphatic rings. The van der Waals surface area contributed by atoms with Crippen molar-refractivity contribution in [2.45, 2.75) is 11.5 Å². The zero-order chi connectivity index (χ0) is 13.3. The summed E-state index contributed by atoms with van der Waals surface area (Å²) in [6.07, 6.45) is 1.82. The molecule has 0 aliphatic carbocycles. The van der Waals surface area contributed by atoms with Crippen molar-refractivity contribution in [2.75, 3.05) is 12.5 Å². The average molecular weight is 280 g/mol. The van der Waals surface area contributed by atoms with Crippen molar-refractivity contribution >= 4 is 20.0 Å². The largest absolute Gasteiger partial charge is 0.392 e. The molecule has 0 spiro atoms. The van der Waals surface area contributed by atoms with Gasteiger partial charge in [0.2, 0.25) is 0 Å². The Morgan fingerprint density at radius 2 is 1.76 bits per heavy atom. The van der Waals surface area contributed by atoms with E-state index in [1.807, 2.05) is 0 Å². The summed E-state index contributed by atoms with van der Waals surface area (Å²) >= 11 is 0. The number of hydrogen-bond donors (Lipinski definition) is 1. The summed E-state index contributed by atoms with van der Waals surface area (Å²) in [4.78, 5) is -0.152. The highest BCUT2D eigenvalue weighted by Crippen LogP contribution is 2.23. The predicted molar refractivity (Wildman–Crippen MR) is 60.9 cm³/mol.